The Hall–Kier alpha value is -2.32. The second-order valence-corrected chi connectivity index (χ2v) is 8.34. The summed E-state index contributed by atoms with van der Waals surface area (Å²) in [5.74, 6) is -0.441. The Morgan fingerprint density at radius 3 is 1.65 bits per heavy atom. The Kier molecular flexibility index (Phi) is 9.46. The fourth-order valence-corrected chi connectivity index (χ4v) is 2.69. The summed E-state index contributed by atoms with van der Waals surface area (Å²) < 4.78 is 21.5. The maximum atomic E-state index is 11.1. The quantitative estimate of drug-likeness (QED) is 0.786. The van der Waals surface area contributed by atoms with Gasteiger partial charge in [0.25, 0.3) is 0 Å². The van der Waals surface area contributed by atoms with E-state index in [1.54, 1.807) is 24.3 Å². The van der Waals surface area contributed by atoms with E-state index in [0.29, 0.717) is 11.4 Å². The minimum Gasteiger partial charge on any atom is -0.325 e. The lowest BCUT2D eigenvalue weighted by molar-refractivity contribution is -0.114. The molecule has 6 nitrogen and oxygen atoms in total. The van der Waals surface area contributed by atoms with Crippen LogP contribution < -0.4 is 10.6 Å². The van der Waals surface area contributed by atoms with E-state index in [2.05, 4.69) is 10.6 Å². The first-order valence-corrected chi connectivity index (χ1v) is 11.1. The number of carbonyl (C=O) groups excluding carboxylic acids is 2. The maximum absolute atomic E-state index is 11.1. The van der Waals surface area contributed by atoms with Crippen LogP contribution in [0.1, 0.15) is 0 Å². The number of para-hydroxylation sites is 2. The second-order valence-electron chi connectivity index (χ2n) is 5.33. The minimum atomic E-state index is -3.26. The third-order valence-corrected chi connectivity index (χ3v) is 4.12. The van der Waals surface area contributed by atoms with Crippen LogP contribution in [0, 0.1) is 0 Å². The van der Waals surface area contributed by atoms with Gasteiger partial charge in [-0.25, -0.2) is 8.42 Å². The van der Waals surface area contributed by atoms with Gasteiger partial charge in [0.2, 0.25) is 11.8 Å². The van der Waals surface area contributed by atoms with E-state index in [1.807, 2.05) is 42.7 Å². The van der Waals surface area contributed by atoms with Crippen LogP contribution in [-0.2, 0) is 19.4 Å². The third kappa shape index (κ3) is 10.5. The van der Waals surface area contributed by atoms with Crippen molar-refractivity contribution < 1.29 is 18.0 Å². The first-order valence-electron chi connectivity index (χ1n) is 7.66. The summed E-state index contributed by atoms with van der Waals surface area (Å²) >= 11 is 1.52. The van der Waals surface area contributed by atoms with Crippen LogP contribution >= 0.6 is 11.8 Å². The number of carbonyl (C=O) groups is 2. The molecule has 0 radical (unpaired) electrons. The first kappa shape index (κ1) is 21.7. The molecule has 0 aliphatic carbocycles. The van der Waals surface area contributed by atoms with Crippen LogP contribution in [0.2, 0.25) is 0 Å². The summed E-state index contributed by atoms with van der Waals surface area (Å²) in [4.78, 5) is 22.2. The van der Waals surface area contributed by atoms with E-state index in [0.717, 1.165) is 11.9 Å². The van der Waals surface area contributed by atoms with Gasteiger partial charge < -0.3 is 10.6 Å². The molecule has 0 heterocycles. The molecule has 0 fully saturated rings. The van der Waals surface area contributed by atoms with Crippen molar-refractivity contribution in [2.24, 2.45) is 0 Å². The highest BCUT2D eigenvalue weighted by Gasteiger charge is 2.10. The molecule has 0 saturated carbocycles. The van der Waals surface area contributed by atoms with Gasteiger partial charge in [-0.1, -0.05) is 36.4 Å². The topological polar surface area (TPSA) is 92.3 Å². The number of nitrogens with one attached hydrogen (secondary N) is 2. The van der Waals surface area contributed by atoms with E-state index in [4.69, 9.17) is 0 Å². The Morgan fingerprint density at radius 1 is 0.846 bits per heavy atom. The lowest BCUT2D eigenvalue weighted by atomic mass is 10.3. The van der Waals surface area contributed by atoms with Crippen molar-refractivity contribution in [3.63, 3.8) is 0 Å². The SMILES string of the molecule is CS(=O)(=O)CC(=O)Nc1ccccc1.CSCC(=O)Nc1ccccc1. The van der Waals surface area contributed by atoms with Gasteiger partial charge in [0.05, 0.1) is 5.75 Å². The molecule has 2 aromatic carbocycles. The van der Waals surface area contributed by atoms with E-state index < -0.39 is 21.5 Å². The molecule has 0 spiro atoms. The molecule has 140 valence electrons. The molecule has 0 bridgehead atoms. The number of hydrogen-bond donors (Lipinski definition) is 2. The Balaban J connectivity index is 0.000000263. The molecular formula is C18H22N2O4S2. The van der Waals surface area contributed by atoms with Crippen LogP contribution in [0.5, 0.6) is 0 Å². The van der Waals surface area contributed by atoms with Crippen molar-refractivity contribution >= 4 is 44.8 Å². The molecule has 2 rings (SSSR count). The molecule has 2 aromatic rings. The number of anilines is 2. The monoisotopic (exact) mass is 394 g/mol. The molecule has 0 atom stereocenters. The van der Waals surface area contributed by atoms with Crippen molar-refractivity contribution in [3.8, 4) is 0 Å². The number of benzene rings is 2. The van der Waals surface area contributed by atoms with Gasteiger partial charge in [-0.3, -0.25) is 9.59 Å². The lowest BCUT2D eigenvalue weighted by Gasteiger charge is -2.02. The average Bonchev–Trinajstić information content (AvgIpc) is 2.55. The van der Waals surface area contributed by atoms with Crippen molar-refractivity contribution in [3.05, 3.63) is 60.7 Å². The van der Waals surface area contributed by atoms with E-state index >= 15 is 0 Å². The van der Waals surface area contributed by atoms with Gasteiger partial charge in [-0.15, -0.1) is 0 Å². The van der Waals surface area contributed by atoms with Crippen molar-refractivity contribution in [2.45, 2.75) is 0 Å². The molecule has 2 amide bonds. The summed E-state index contributed by atoms with van der Waals surface area (Å²) in [5, 5.41) is 5.26. The zero-order valence-electron chi connectivity index (χ0n) is 14.6. The fourth-order valence-electron chi connectivity index (χ4n) is 1.81. The van der Waals surface area contributed by atoms with Crippen LogP contribution in [0.25, 0.3) is 0 Å². The largest absolute Gasteiger partial charge is 0.325 e. The molecule has 2 N–H and O–H groups in total. The molecule has 0 aliphatic rings. The highest BCUT2D eigenvalue weighted by molar-refractivity contribution is 7.99. The summed E-state index contributed by atoms with van der Waals surface area (Å²) in [5.41, 5.74) is 1.46. The number of thioether (sulfide) groups is 1. The summed E-state index contributed by atoms with van der Waals surface area (Å²) in [6.45, 7) is 0. The normalized spacial score (nSPS) is 10.2. The van der Waals surface area contributed by atoms with Crippen molar-refractivity contribution in [1.29, 1.82) is 0 Å². The standard InChI is InChI=1S/C9H11NO3S.C9H11NOS/c1-14(12,13)7-9(11)10-8-5-3-2-4-6-8;1-12-7-9(11)10-8-5-3-2-4-6-8/h2-6H,7H2,1H3,(H,10,11);2-6H,7H2,1H3,(H,10,11). The van der Waals surface area contributed by atoms with Crippen LogP contribution in [0.15, 0.2) is 60.7 Å². The predicted molar refractivity (Wildman–Crippen MR) is 108 cm³/mol. The van der Waals surface area contributed by atoms with Crippen molar-refractivity contribution in [2.75, 3.05) is 34.7 Å². The van der Waals surface area contributed by atoms with Gasteiger partial charge in [-0.2, -0.15) is 11.8 Å². The minimum absolute atomic E-state index is 0.0497. The van der Waals surface area contributed by atoms with Crippen LogP contribution in [0.3, 0.4) is 0 Å². The fraction of sp³-hybridized carbons (Fsp3) is 0.222. The third-order valence-electron chi connectivity index (χ3n) is 2.78. The maximum Gasteiger partial charge on any atom is 0.239 e. The molecule has 8 heteroatoms. The number of sulfone groups is 1. The van der Waals surface area contributed by atoms with E-state index in [1.165, 1.54) is 11.8 Å². The highest BCUT2D eigenvalue weighted by Crippen LogP contribution is 2.06. The lowest BCUT2D eigenvalue weighted by Crippen LogP contribution is -2.21. The molecular weight excluding hydrogens is 372 g/mol. The predicted octanol–water partition coefficient (Wildman–Crippen LogP) is 2.66. The molecule has 0 unspecified atom stereocenters. The second kappa shape index (κ2) is 11.3. The van der Waals surface area contributed by atoms with Gasteiger partial charge in [0, 0.05) is 17.6 Å². The van der Waals surface area contributed by atoms with Crippen LogP contribution in [0.4, 0.5) is 11.4 Å². The number of rotatable bonds is 6. The van der Waals surface area contributed by atoms with Gasteiger partial charge in [0.1, 0.15) is 5.75 Å². The molecule has 0 aliphatic heterocycles. The molecule has 26 heavy (non-hydrogen) atoms. The Morgan fingerprint density at radius 2 is 1.27 bits per heavy atom. The van der Waals surface area contributed by atoms with Crippen molar-refractivity contribution in [1.82, 2.24) is 0 Å². The van der Waals surface area contributed by atoms with E-state index in [9.17, 15) is 18.0 Å². The zero-order chi connectivity index (χ0) is 19.4. The Bertz CT molecular complexity index is 794. The van der Waals surface area contributed by atoms with Gasteiger partial charge >= 0.3 is 0 Å². The van der Waals surface area contributed by atoms with Gasteiger partial charge in [-0.05, 0) is 30.5 Å². The average molecular weight is 395 g/mol. The Labute approximate surface area is 158 Å². The summed E-state index contributed by atoms with van der Waals surface area (Å²) in [6.07, 6.45) is 2.93. The van der Waals surface area contributed by atoms with E-state index in [-0.39, 0.29) is 5.91 Å². The van der Waals surface area contributed by atoms with Crippen LogP contribution in [-0.4, -0.2) is 44.2 Å². The number of hydrogen-bond acceptors (Lipinski definition) is 5. The molecule has 0 saturated heterocycles. The summed E-state index contributed by atoms with van der Waals surface area (Å²) in [7, 11) is -3.26. The molecule has 0 aromatic heterocycles. The smallest absolute Gasteiger partial charge is 0.239 e. The first-order chi connectivity index (χ1) is 12.3. The van der Waals surface area contributed by atoms with Gasteiger partial charge in [0.15, 0.2) is 9.84 Å². The summed E-state index contributed by atoms with van der Waals surface area (Å²) in [6, 6.07) is 18.2. The highest BCUT2D eigenvalue weighted by atomic mass is 32.2. The number of amides is 2. The zero-order valence-corrected chi connectivity index (χ0v) is 16.3.